The van der Waals surface area contributed by atoms with E-state index < -0.39 is 0 Å². The Morgan fingerprint density at radius 3 is 2.89 bits per heavy atom. The van der Waals surface area contributed by atoms with Crippen LogP contribution < -0.4 is 11.4 Å². The van der Waals surface area contributed by atoms with Gasteiger partial charge in [-0.25, -0.2) is 9.66 Å². The van der Waals surface area contributed by atoms with Gasteiger partial charge in [-0.2, -0.15) is 0 Å². The molecule has 2 N–H and O–H groups in total. The molecule has 0 atom stereocenters. The van der Waals surface area contributed by atoms with E-state index in [0.29, 0.717) is 16.7 Å². The minimum atomic E-state index is -0.220. The number of nitrogen functional groups attached to an aromatic ring is 1. The molecule has 18 heavy (non-hydrogen) atoms. The third kappa shape index (κ3) is 1.81. The second kappa shape index (κ2) is 4.36. The molecule has 3 rings (SSSR count). The first-order valence-electron chi connectivity index (χ1n) is 5.18. The molecule has 4 nitrogen and oxygen atoms in total. The number of aromatic nitrogens is 2. The molecule has 90 valence electrons. The van der Waals surface area contributed by atoms with Crippen LogP contribution in [0.5, 0.6) is 0 Å². The Labute approximate surface area is 120 Å². The van der Waals surface area contributed by atoms with E-state index in [1.54, 1.807) is 6.07 Å². The van der Waals surface area contributed by atoms with Gasteiger partial charge < -0.3 is 5.84 Å². The summed E-state index contributed by atoms with van der Waals surface area (Å²) >= 11 is 3.67. The smallest absolute Gasteiger partial charge is 0.280 e. The van der Waals surface area contributed by atoms with Crippen molar-refractivity contribution in [3.05, 3.63) is 49.6 Å². The zero-order valence-electron chi connectivity index (χ0n) is 9.13. The average molecular weight is 369 g/mol. The van der Waals surface area contributed by atoms with Gasteiger partial charge in [0.25, 0.3) is 5.56 Å². The zero-order chi connectivity index (χ0) is 12.7. The maximum Gasteiger partial charge on any atom is 0.280 e. The van der Waals surface area contributed by atoms with Gasteiger partial charge in [0.2, 0.25) is 0 Å². The standard InChI is InChI=1S/C12H8IN3OS/c13-7-3-4-9-8(6-7)12(17)16(14)11(15-9)10-2-1-5-18-10/h1-6H,14H2. The molecule has 0 radical (unpaired) electrons. The highest BCUT2D eigenvalue weighted by Crippen LogP contribution is 2.22. The van der Waals surface area contributed by atoms with Crippen LogP contribution in [-0.2, 0) is 0 Å². The van der Waals surface area contributed by atoms with Crippen molar-refractivity contribution in [2.45, 2.75) is 0 Å². The Bertz CT molecular complexity index is 780. The number of hydrogen-bond acceptors (Lipinski definition) is 4. The zero-order valence-corrected chi connectivity index (χ0v) is 12.1. The van der Waals surface area contributed by atoms with E-state index in [0.717, 1.165) is 13.1 Å². The SMILES string of the molecule is Nn1c(-c2cccs2)nc2ccc(I)cc2c1=O. The lowest BCUT2D eigenvalue weighted by Crippen LogP contribution is -2.29. The van der Waals surface area contributed by atoms with Gasteiger partial charge in [0, 0.05) is 3.57 Å². The lowest BCUT2D eigenvalue weighted by Gasteiger charge is -2.07. The van der Waals surface area contributed by atoms with E-state index in [1.165, 1.54) is 11.3 Å². The van der Waals surface area contributed by atoms with Crippen LogP contribution in [0, 0.1) is 3.57 Å². The molecular weight excluding hydrogens is 361 g/mol. The van der Waals surface area contributed by atoms with Crippen molar-refractivity contribution >= 4 is 44.8 Å². The molecule has 0 spiro atoms. The Morgan fingerprint density at radius 1 is 1.33 bits per heavy atom. The fourth-order valence-corrected chi connectivity index (χ4v) is 2.95. The van der Waals surface area contributed by atoms with Crippen LogP contribution in [-0.4, -0.2) is 9.66 Å². The summed E-state index contributed by atoms with van der Waals surface area (Å²) in [5.74, 6) is 6.34. The van der Waals surface area contributed by atoms with Crippen LogP contribution in [0.4, 0.5) is 0 Å². The van der Waals surface area contributed by atoms with E-state index in [4.69, 9.17) is 5.84 Å². The van der Waals surface area contributed by atoms with Crippen molar-refractivity contribution < 1.29 is 0 Å². The largest absolute Gasteiger partial charge is 0.334 e. The van der Waals surface area contributed by atoms with Crippen molar-refractivity contribution in [2.75, 3.05) is 5.84 Å². The average Bonchev–Trinajstić information content (AvgIpc) is 2.88. The maximum absolute atomic E-state index is 12.2. The molecule has 1 aromatic carbocycles. The number of nitrogens with two attached hydrogens (primary N) is 1. The van der Waals surface area contributed by atoms with Crippen molar-refractivity contribution in [1.82, 2.24) is 9.66 Å². The Morgan fingerprint density at radius 2 is 2.17 bits per heavy atom. The molecule has 2 heterocycles. The fraction of sp³-hybridized carbons (Fsp3) is 0. The molecule has 2 aromatic heterocycles. The van der Waals surface area contributed by atoms with Crippen LogP contribution in [0.3, 0.4) is 0 Å². The van der Waals surface area contributed by atoms with E-state index in [2.05, 4.69) is 27.6 Å². The highest BCUT2D eigenvalue weighted by molar-refractivity contribution is 14.1. The van der Waals surface area contributed by atoms with Crippen LogP contribution >= 0.6 is 33.9 Å². The van der Waals surface area contributed by atoms with Gasteiger partial charge >= 0.3 is 0 Å². The van der Waals surface area contributed by atoms with Gasteiger partial charge in [-0.15, -0.1) is 11.3 Å². The molecule has 0 aliphatic rings. The topological polar surface area (TPSA) is 60.9 Å². The Kier molecular flexibility index (Phi) is 2.83. The second-order valence-electron chi connectivity index (χ2n) is 3.75. The molecule has 0 amide bonds. The van der Waals surface area contributed by atoms with E-state index >= 15 is 0 Å². The summed E-state index contributed by atoms with van der Waals surface area (Å²) in [4.78, 5) is 17.5. The summed E-state index contributed by atoms with van der Waals surface area (Å²) in [5.41, 5.74) is 0.451. The van der Waals surface area contributed by atoms with Gasteiger partial charge in [-0.05, 0) is 52.2 Å². The molecule has 0 saturated carbocycles. The fourth-order valence-electron chi connectivity index (χ4n) is 1.75. The highest BCUT2D eigenvalue weighted by atomic mass is 127. The number of thiophene rings is 1. The summed E-state index contributed by atoms with van der Waals surface area (Å²) in [6.07, 6.45) is 0. The Hall–Kier alpha value is -1.41. The molecule has 3 aromatic rings. The molecular formula is C12H8IN3OS. The van der Waals surface area contributed by atoms with Crippen LogP contribution in [0.15, 0.2) is 40.5 Å². The number of benzene rings is 1. The first-order valence-corrected chi connectivity index (χ1v) is 7.14. The van der Waals surface area contributed by atoms with Crippen LogP contribution in [0.25, 0.3) is 21.6 Å². The second-order valence-corrected chi connectivity index (χ2v) is 5.94. The van der Waals surface area contributed by atoms with Crippen LogP contribution in [0.2, 0.25) is 0 Å². The highest BCUT2D eigenvalue weighted by Gasteiger charge is 2.11. The summed E-state index contributed by atoms with van der Waals surface area (Å²) in [6, 6.07) is 9.37. The molecule has 6 heteroatoms. The number of hydrogen-bond donors (Lipinski definition) is 1. The predicted molar refractivity (Wildman–Crippen MR) is 82.2 cm³/mol. The molecule has 0 aliphatic heterocycles. The molecule has 0 fully saturated rings. The molecule has 0 saturated heterocycles. The minimum Gasteiger partial charge on any atom is -0.334 e. The number of fused-ring (bicyclic) bond motifs is 1. The summed E-state index contributed by atoms with van der Waals surface area (Å²) in [7, 11) is 0. The predicted octanol–water partition coefficient (Wildman–Crippen LogP) is 2.44. The quantitative estimate of drug-likeness (QED) is 0.530. The van der Waals surface area contributed by atoms with Crippen molar-refractivity contribution in [1.29, 1.82) is 0 Å². The summed E-state index contributed by atoms with van der Waals surface area (Å²) in [5, 5.41) is 2.48. The van der Waals surface area contributed by atoms with Crippen molar-refractivity contribution in [3.8, 4) is 10.7 Å². The van der Waals surface area contributed by atoms with Gasteiger partial charge in [-0.1, -0.05) is 6.07 Å². The van der Waals surface area contributed by atoms with E-state index in [-0.39, 0.29) is 5.56 Å². The monoisotopic (exact) mass is 369 g/mol. The number of rotatable bonds is 1. The lowest BCUT2D eigenvalue weighted by atomic mass is 10.2. The maximum atomic E-state index is 12.2. The first-order chi connectivity index (χ1) is 8.66. The molecule has 0 bridgehead atoms. The Balaban J connectivity index is 2.40. The summed E-state index contributed by atoms with van der Waals surface area (Å²) in [6.45, 7) is 0. The normalized spacial score (nSPS) is 10.9. The van der Waals surface area contributed by atoms with Gasteiger partial charge in [0.1, 0.15) is 0 Å². The molecule has 0 aliphatic carbocycles. The van der Waals surface area contributed by atoms with Crippen molar-refractivity contribution in [3.63, 3.8) is 0 Å². The lowest BCUT2D eigenvalue weighted by molar-refractivity contribution is 0.930. The summed E-state index contributed by atoms with van der Waals surface area (Å²) < 4.78 is 2.10. The van der Waals surface area contributed by atoms with Gasteiger partial charge in [0.15, 0.2) is 5.82 Å². The van der Waals surface area contributed by atoms with Crippen LogP contribution in [0.1, 0.15) is 0 Å². The number of halogens is 1. The van der Waals surface area contributed by atoms with Crippen molar-refractivity contribution in [2.24, 2.45) is 0 Å². The third-order valence-electron chi connectivity index (χ3n) is 2.60. The van der Waals surface area contributed by atoms with E-state index in [1.807, 2.05) is 29.6 Å². The first kappa shape index (κ1) is 11.7. The molecule has 0 unspecified atom stereocenters. The third-order valence-corrected chi connectivity index (χ3v) is 4.14. The van der Waals surface area contributed by atoms with Gasteiger partial charge in [0.05, 0.1) is 15.8 Å². The number of nitrogens with zero attached hydrogens (tertiary/aromatic N) is 2. The van der Waals surface area contributed by atoms with E-state index in [9.17, 15) is 4.79 Å². The minimum absolute atomic E-state index is 0.220. The van der Waals surface area contributed by atoms with Gasteiger partial charge in [-0.3, -0.25) is 4.79 Å².